The van der Waals surface area contributed by atoms with Crippen LogP contribution in [0.15, 0.2) is 34.9 Å². The first-order valence-electron chi connectivity index (χ1n) is 8.04. The van der Waals surface area contributed by atoms with Crippen molar-refractivity contribution in [2.24, 2.45) is 0 Å². The Bertz CT molecular complexity index is 976. The molecule has 3 rings (SSSR count). The molecule has 0 fully saturated rings. The Morgan fingerprint density at radius 2 is 1.92 bits per heavy atom. The predicted octanol–water partition coefficient (Wildman–Crippen LogP) is 5.65. The van der Waals surface area contributed by atoms with E-state index in [2.05, 4.69) is 0 Å². The first-order chi connectivity index (χ1) is 12.4. The van der Waals surface area contributed by atoms with Crippen LogP contribution < -0.4 is 4.74 Å². The van der Waals surface area contributed by atoms with Crippen LogP contribution in [0.4, 0.5) is 0 Å². The lowest BCUT2D eigenvalue weighted by atomic mass is 10.0. The number of aryl methyl sites for hydroxylation is 2. The lowest BCUT2D eigenvalue weighted by Crippen LogP contribution is -2.04. The molecule has 0 atom stereocenters. The minimum absolute atomic E-state index is 0.171. The molecule has 3 aromatic rings. The van der Waals surface area contributed by atoms with Crippen molar-refractivity contribution in [2.45, 2.75) is 26.9 Å². The van der Waals surface area contributed by atoms with Gasteiger partial charge in [-0.2, -0.15) is 0 Å². The summed E-state index contributed by atoms with van der Waals surface area (Å²) in [6.07, 6.45) is 1.77. The van der Waals surface area contributed by atoms with Crippen LogP contribution >= 0.6 is 23.2 Å². The molecule has 0 aliphatic carbocycles. The van der Waals surface area contributed by atoms with Crippen LogP contribution in [-0.2, 0) is 22.6 Å². The van der Waals surface area contributed by atoms with Crippen molar-refractivity contribution in [3.8, 4) is 5.75 Å². The predicted molar refractivity (Wildman–Crippen MR) is 102 cm³/mol. The van der Waals surface area contributed by atoms with Crippen molar-refractivity contribution in [3.05, 3.63) is 62.8 Å². The molecule has 0 unspecified atom stereocenters. The highest BCUT2D eigenvalue weighted by atomic mass is 35.5. The molecule has 1 aromatic heterocycles. The molecule has 2 aromatic carbocycles. The van der Waals surface area contributed by atoms with E-state index < -0.39 is 0 Å². The Balaban J connectivity index is 1.90. The van der Waals surface area contributed by atoms with Crippen molar-refractivity contribution < 1.29 is 18.7 Å². The van der Waals surface area contributed by atoms with E-state index in [9.17, 15) is 4.79 Å². The third kappa shape index (κ3) is 3.67. The van der Waals surface area contributed by atoms with Gasteiger partial charge < -0.3 is 13.9 Å². The first-order valence-corrected chi connectivity index (χ1v) is 8.80. The van der Waals surface area contributed by atoms with Gasteiger partial charge in [-0.15, -0.1) is 0 Å². The summed E-state index contributed by atoms with van der Waals surface area (Å²) in [4.78, 5) is 11.6. The molecule has 0 radical (unpaired) electrons. The van der Waals surface area contributed by atoms with Gasteiger partial charge in [-0.1, -0.05) is 29.3 Å². The Morgan fingerprint density at radius 1 is 1.15 bits per heavy atom. The zero-order chi connectivity index (χ0) is 18.8. The Kier molecular flexibility index (Phi) is 5.44. The van der Waals surface area contributed by atoms with Gasteiger partial charge in [0.1, 0.15) is 17.9 Å². The number of furan rings is 1. The Labute approximate surface area is 161 Å². The van der Waals surface area contributed by atoms with Crippen LogP contribution in [0.25, 0.3) is 11.0 Å². The molecule has 1 heterocycles. The lowest BCUT2D eigenvalue weighted by molar-refractivity contribution is -0.139. The lowest BCUT2D eigenvalue weighted by Gasteiger charge is -2.12. The fraction of sp³-hybridized carbons (Fsp3) is 0.250. The molecular weight excluding hydrogens is 375 g/mol. The van der Waals surface area contributed by atoms with Crippen molar-refractivity contribution in [2.75, 3.05) is 7.11 Å². The van der Waals surface area contributed by atoms with E-state index in [-0.39, 0.29) is 12.4 Å². The van der Waals surface area contributed by atoms with Gasteiger partial charge in [-0.3, -0.25) is 4.79 Å². The standard InChI is InChI=1S/C20H18Cl2O4/c1-11-6-17(25-9-13-4-5-15(21)8-16(13)22)12(2)20-19(11)14(10-26-20)7-18(23)24-3/h4-6,8,10H,7,9H2,1-3H3. The summed E-state index contributed by atoms with van der Waals surface area (Å²) in [5, 5.41) is 2.07. The van der Waals surface area contributed by atoms with Crippen LogP contribution in [0.1, 0.15) is 22.3 Å². The normalized spacial score (nSPS) is 11.0. The van der Waals surface area contributed by atoms with E-state index in [0.717, 1.165) is 27.6 Å². The van der Waals surface area contributed by atoms with E-state index >= 15 is 0 Å². The Morgan fingerprint density at radius 3 is 2.62 bits per heavy atom. The topological polar surface area (TPSA) is 48.7 Å². The SMILES string of the molecule is COC(=O)Cc1coc2c(C)c(OCc3ccc(Cl)cc3Cl)cc(C)c12. The zero-order valence-corrected chi connectivity index (χ0v) is 16.2. The van der Waals surface area contributed by atoms with Crippen LogP contribution in [0, 0.1) is 13.8 Å². The summed E-state index contributed by atoms with van der Waals surface area (Å²) in [6.45, 7) is 4.20. The number of carbonyl (C=O) groups is 1. The number of ether oxygens (including phenoxy) is 2. The quantitative estimate of drug-likeness (QED) is 0.526. The van der Waals surface area contributed by atoms with E-state index in [0.29, 0.717) is 28.0 Å². The average molecular weight is 393 g/mol. The molecule has 0 bridgehead atoms. The monoisotopic (exact) mass is 392 g/mol. The number of esters is 1. The molecule has 26 heavy (non-hydrogen) atoms. The van der Waals surface area contributed by atoms with E-state index in [1.807, 2.05) is 26.0 Å². The maximum atomic E-state index is 11.6. The zero-order valence-electron chi connectivity index (χ0n) is 14.7. The maximum absolute atomic E-state index is 11.6. The van der Waals surface area contributed by atoms with Crippen LogP contribution in [0.5, 0.6) is 5.75 Å². The molecule has 0 N–H and O–H groups in total. The van der Waals surface area contributed by atoms with Gasteiger partial charge in [0.25, 0.3) is 0 Å². The number of hydrogen-bond donors (Lipinski definition) is 0. The number of hydrogen-bond acceptors (Lipinski definition) is 4. The van der Waals surface area contributed by atoms with Gasteiger partial charge in [0.05, 0.1) is 19.8 Å². The van der Waals surface area contributed by atoms with Gasteiger partial charge in [-0.25, -0.2) is 0 Å². The third-order valence-electron chi connectivity index (χ3n) is 4.28. The Hall–Kier alpha value is -2.17. The first kappa shape index (κ1) is 18.6. The highest BCUT2D eigenvalue weighted by molar-refractivity contribution is 6.35. The van der Waals surface area contributed by atoms with E-state index in [1.165, 1.54) is 7.11 Å². The summed E-state index contributed by atoms with van der Waals surface area (Å²) < 4.78 is 16.4. The van der Waals surface area contributed by atoms with E-state index in [1.54, 1.807) is 18.4 Å². The molecule has 0 spiro atoms. The molecule has 4 nitrogen and oxygen atoms in total. The highest BCUT2D eigenvalue weighted by Crippen LogP contribution is 2.35. The van der Waals surface area contributed by atoms with Crippen molar-refractivity contribution in [1.29, 1.82) is 0 Å². The van der Waals surface area contributed by atoms with Gasteiger partial charge in [0, 0.05) is 32.1 Å². The van der Waals surface area contributed by atoms with Gasteiger partial charge in [0.2, 0.25) is 0 Å². The fourth-order valence-electron chi connectivity index (χ4n) is 2.89. The van der Waals surface area contributed by atoms with Gasteiger partial charge >= 0.3 is 5.97 Å². The summed E-state index contributed by atoms with van der Waals surface area (Å²) in [7, 11) is 1.37. The molecule has 0 aliphatic rings. The number of halogens is 2. The molecule has 136 valence electrons. The van der Waals surface area contributed by atoms with Crippen LogP contribution in [0.2, 0.25) is 10.0 Å². The average Bonchev–Trinajstić information content (AvgIpc) is 3.02. The van der Waals surface area contributed by atoms with Crippen LogP contribution in [-0.4, -0.2) is 13.1 Å². The van der Waals surface area contributed by atoms with Crippen molar-refractivity contribution in [1.82, 2.24) is 0 Å². The van der Waals surface area contributed by atoms with Crippen molar-refractivity contribution in [3.63, 3.8) is 0 Å². The number of fused-ring (bicyclic) bond motifs is 1. The summed E-state index contributed by atoms with van der Waals surface area (Å²) in [5.74, 6) is 0.405. The number of benzene rings is 2. The second-order valence-corrected chi connectivity index (χ2v) is 6.90. The molecule has 0 saturated heterocycles. The highest BCUT2D eigenvalue weighted by Gasteiger charge is 2.17. The third-order valence-corrected chi connectivity index (χ3v) is 4.87. The maximum Gasteiger partial charge on any atom is 0.310 e. The summed E-state index contributed by atoms with van der Waals surface area (Å²) >= 11 is 12.1. The van der Waals surface area contributed by atoms with Gasteiger partial charge in [0.15, 0.2) is 0 Å². The molecule has 0 amide bonds. The molecular formula is C20H18Cl2O4. The molecule has 0 saturated carbocycles. The molecule has 6 heteroatoms. The minimum atomic E-state index is -0.303. The summed E-state index contributed by atoms with van der Waals surface area (Å²) in [5.41, 5.74) is 4.20. The minimum Gasteiger partial charge on any atom is -0.488 e. The van der Waals surface area contributed by atoms with Gasteiger partial charge in [-0.05, 0) is 37.6 Å². The summed E-state index contributed by atoms with van der Waals surface area (Å²) in [6, 6.07) is 7.25. The van der Waals surface area contributed by atoms with E-state index in [4.69, 9.17) is 37.1 Å². The number of rotatable bonds is 5. The molecule has 0 aliphatic heterocycles. The second kappa shape index (κ2) is 7.60. The number of carbonyl (C=O) groups excluding carboxylic acids is 1. The number of methoxy groups -OCH3 is 1. The second-order valence-electron chi connectivity index (χ2n) is 6.06. The fourth-order valence-corrected chi connectivity index (χ4v) is 3.36. The van der Waals surface area contributed by atoms with Crippen LogP contribution in [0.3, 0.4) is 0 Å². The largest absolute Gasteiger partial charge is 0.488 e. The van der Waals surface area contributed by atoms with Crippen molar-refractivity contribution >= 4 is 40.1 Å². The smallest absolute Gasteiger partial charge is 0.310 e.